The first kappa shape index (κ1) is 8.17. The van der Waals surface area contributed by atoms with Gasteiger partial charge in [-0.2, -0.15) is 0 Å². The Morgan fingerprint density at radius 3 is 2.62 bits per heavy atom. The van der Waals surface area contributed by atoms with E-state index < -0.39 is 0 Å². The summed E-state index contributed by atoms with van der Waals surface area (Å²) in [6, 6.07) is 0. The van der Waals surface area contributed by atoms with E-state index in [1.54, 1.807) is 0 Å². The van der Waals surface area contributed by atoms with Crippen molar-refractivity contribution in [3.63, 3.8) is 0 Å². The van der Waals surface area contributed by atoms with Crippen LogP contribution in [0.5, 0.6) is 0 Å². The second-order valence-electron chi connectivity index (χ2n) is 1.97. The molecule has 0 aromatic carbocycles. The van der Waals surface area contributed by atoms with E-state index in [0.717, 1.165) is 0 Å². The molecule has 0 aromatic heterocycles. The molecule has 0 bridgehead atoms. The highest BCUT2D eigenvalue weighted by Crippen LogP contribution is 2.29. The second-order valence-corrected chi connectivity index (χ2v) is 4.77. The van der Waals surface area contributed by atoms with Crippen LogP contribution >= 0.6 is 7.92 Å². The lowest BCUT2D eigenvalue weighted by molar-refractivity contribution is 1.23. The van der Waals surface area contributed by atoms with Gasteiger partial charge < -0.3 is 0 Å². The van der Waals surface area contributed by atoms with Crippen molar-refractivity contribution in [2.45, 2.75) is 13.3 Å². The molecule has 0 saturated carbocycles. The summed E-state index contributed by atoms with van der Waals surface area (Å²) in [5, 5.41) is 0. The molecule has 0 saturated heterocycles. The van der Waals surface area contributed by atoms with E-state index in [9.17, 15) is 0 Å². The molecule has 1 atom stereocenters. The SMILES string of the molecule is C=CCCP(C)CC. The third kappa shape index (κ3) is 4.33. The van der Waals surface area contributed by atoms with Crippen molar-refractivity contribution in [2.75, 3.05) is 19.0 Å². The van der Waals surface area contributed by atoms with Crippen LogP contribution in [0.3, 0.4) is 0 Å². The van der Waals surface area contributed by atoms with Gasteiger partial charge in [0.15, 0.2) is 0 Å². The number of allylic oxidation sites excluding steroid dienone is 1. The number of hydrogen-bond acceptors (Lipinski definition) is 0. The van der Waals surface area contributed by atoms with Crippen molar-refractivity contribution in [3.05, 3.63) is 12.7 Å². The average Bonchev–Trinajstić information content (AvgIpc) is 1.83. The summed E-state index contributed by atoms with van der Waals surface area (Å²) in [6.07, 6.45) is 5.95. The largest absolute Gasteiger partial charge is 0.110 e. The monoisotopic (exact) mass is 130 g/mol. The van der Waals surface area contributed by atoms with E-state index in [1.807, 2.05) is 6.08 Å². The number of hydrogen-bond donors (Lipinski definition) is 0. The molecule has 48 valence electrons. The van der Waals surface area contributed by atoms with Crippen LogP contribution in [0.4, 0.5) is 0 Å². The molecule has 0 nitrogen and oxygen atoms in total. The zero-order valence-corrected chi connectivity index (χ0v) is 6.75. The van der Waals surface area contributed by atoms with Crippen molar-refractivity contribution >= 4 is 7.92 Å². The minimum atomic E-state index is 0.345. The maximum absolute atomic E-state index is 3.68. The first-order chi connectivity index (χ1) is 3.81. The van der Waals surface area contributed by atoms with E-state index in [0.29, 0.717) is 7.92 Å². The molecule has 0 fully saturated rings. The number of rotatable bonds is 4. The first-order valence-electron chi connectivity index (χ1n) is 3.10. The van der Waals surface area contributed by atoms with E-state index in [4.69, 9.17) is 0 Å². The standard InChI is InChI=1S/C7H15P/c1-4-6-7-8(3)5-2/h4H,1,5-7H2,2-3H3. The van der Waals surface area contributed by atoms with E-state index in [2.05, 4.69) is 20.2 Å². The van der Waals surface area contributed by atoms with Crippen molar-refractivity contribution in [1.29, 1.82) is 0 Å². The lowest BCUT2D eigenvalue weighted by Gasteiger charge is -2.04. The Bertz CT molecular complexity index is 59.4. The summed E-state index contributed by atoms with van der Waals surface area (Å²) in [7, 11) is 0.345. The Labute approximate surface area is 53.7 Å². The summed E-state index contributed by atoms with van der Waals surface area (Å²) in [6.45, 7) is 8.28. The summed E-state index contributed by atoms with van der Waals surface area (Å²) in [4.78, 5) is 0. The minimum Gasteiger partial charge on any atom is -0.110 e. The zero-order chi connectivity index (χ0) is 6.41. The summed E-state index contributed by atoms with van der Waals surface area (Å²) in [5.41, 5.74) is 0. The minimum absolute atomic E-state index is 0.345. The predicted octanol–water partition coefficient (Wildman–Crippen LogP) is 2.69. The average molecular weight is 130 g/mol. The van der Waals surface area contributed by atoms with Gasteiger partial charge in [0, 0.05) is 0 Å². The van der Waals surface area contributed by atoms with Crippen LogP contribution in [0.1, 0.15) is 13.3 Å². The molecule has 0 aromatic rings. The Morgan fingerprint density at radius 1 is 1.62 bits per heavy atom. The van der Waals surface area contributed by atoms with Gasteiger partial charge in [-0.3, -0.25) is 0 Å². The molecule has 0 aliphatic carbocycles. The van der Waals surface area contributed by atoms with Gasteiger partial charge in [0.2, 0.25) is 0 Å². The molecule has 1 unspecified atom stereocenters. The summed E-state index contributed by atoms with van der Waals surface area (Å²) in [5.74, 6) is 0. The summed E-state index contributed by atoms with van der Waals surface area (Å²) < 4.78 is 0. The lowest BCUT2D eigenvalue weighted by atomic mass is 10.5. The topological polar surface area (TPSA) is 0 Å². The van der Waals surface area contributed by atoms with Crippen molar-refractivity contribution in [3.8, 4) is 0 Å². The highest BCUT2D eigenvalue weighted by atomic mass is 31.1. The third-order valence-corrected chi connectivity index (χ3v) is 3.36. The normalized spacial score (nSPS) is 13.2. The van der Waals surface area contributed by atoms with Crippen LogP contribution < -0.4 is 0 Å². The van der Waals surface area contributed by atoms with Crippen LogP contribution in [0.25, 0.3) is 0 Å². The Balaban J connectivity index is 2.97. The van der Waals surface area contributed by atoms with Gasteiger partial charge in [0.25, 0.3) is 0 Å². The quantitative estimate of drug-likeness (QED) is 0.405. The van der Waals surface area contributed by atoms with Gasteiger partial charge in [-0.25, -0.2) is 0 Å². The molecule has 1 heteroatoms. The van der Waals surface area contributed by atoms with Crippen LogP contribution in [-0.4, -0.2) is 19.0 Å². The maximum Gasteiger partial charge on any atom is -0.0294 e. The van der Waals surface area contributed by atoms with Crippen LogP contribution in [-0.2, 0) is 0 Å². The zero-order valence-electron chi connectivity index (χ0n) is 5.85. The van der Waals surface area contributed by atoms with Crippen LogP contribution in [0, 0.1) is 0 Å². The Hall–Kier alpha value is 0.170. The maximum atomic E-state index is 3.68. The van der Waals surface area contributed by atoms with Gasteiger partial charge >= 0.3 is 0 Å². The lowest BCUT2D eigenvalue weighted by Crippen LogP contribution is -1.81. The van der Waals surface area contributed by atoms with Gasteiger partial charge in [-0.15, -0.1) is 14.5 Å². The first-order valence-corrected chi connectivity index (χ1v) is 5.26. The fourth-order valence-corrected chi connectivity index (χ4v) is 1.41. The second kappa shape index (κ2) is 5.31. The summed E-state index contributed by atoms with van der Waals surface area (Å²) >= 11 is 0. The molecule has 0 rings (SSSR count). The smallest absolute Gasteiger partial charge is 0.0294 e. The Kier molecular flexibility index (Phi) is 5.42. The van der Waals surface area contributed by atoms with Crippen molar-refractivity contribution < 1.29 is 0 Å². The fourth-order valence-electron chi connectivity index (χ4n) is 0.470. The third-order valence-electron chi connectivity index (χ3n) is 1.25. The van der Waals surface area contributed by atoms with Crippen molar-refractivity contribution in [2.24, 2.45) is 0 Å². The van der Waals surface area contributed by atoms with E-state index >= 15 is 0 Å². The van der Waals surface area contributed by atoms with E-state index in [-0.39, 0.29) is 0 Å². The van der Waals surface area contributed by atoms with Gasteiger partial charge in [0.05, 0.1) is 0 Å². The highest BCUT2D eigenvalue weighted by Gasteiger charge is 1.92. The molecule has 8 heavy (non-hydrogen) atoms. The molecule has 0 radical (unpaired) electrons. The molecule has 0 aliphatic rings. The molecule has 0 spiro atoms. The van der Waals surface area contributed by atoms with Gasteiger partial charge in [0.1, 0.15) is 0 Å². The molecule has 0 amide bonds. The fraction of sp³-hybridized carbons (Fsp3) is 0.714. The van der Waals surface area contributed by atoms with Crippen molar-refractivity contribution in [1.82, 2.24) is 0 Å². The molecular formula is C7H15P. The Morgan fingerprint density at radius 2 is 2.25 bits per heavy atom. The van der Waals surface area contributed by atoms with Crippen LogP contribution in [0.2, 0.25) is 0 Å². The van der Waals surface area contributed by atoms with Gasteiger partial charge in [-0.1, -0.05) is 13.0 Å². The van der Waals surface area contributed by atoms with Gasteiger partial charge in [-0.05, 0) is 25.4 Å². The van der Waals surface area contributed by atoms with Crippen LogP contribution in [0.15, 0.2) is 12.7 Å². The predicted molar refractivity (Wildman–Crippen MR) is 43.1 cm³/mol. The highest BCUT2D eigenvalue weighted by molar-refractivity contribution is 7.56. The van der Waals surface area contributed by atoms with E-state index in [1.165, 1.54) is 18.7 Å². The molecule has 0 N–H and O–H groups in total. The molecule has 0 aliphatic heterocycles. The molecule has 0 heterocycles. The molecular weight excluding hydrogens is 115 g/mol.